The van der Waals surface area contributed by atoms with Crippen molar-refractivity contribution in [3.63, 3.8) is 0 Å². The van der Waals surface area contributed by atoms with Gasteiger partial charge in [-0.3, -0.25) is 14.4 Å². The van der Waals surface area contributed by atoms with Crippen LogP contribution in [0.15, 0.2) is 24.3 Å². The van der Waals surface area contributed by atoms with E-state index in [9.17, 15) is 14.4 Å². The largest absolute Gasteiger partial charge is 0.354 e. The van der Waals surface area contributed by atoms with E-state index in [1.807, 2.05) is 24.3 Å². The molecule has 1 aromatic heterocycles. The molecule has 0 unspecified atom stereocenters. The molecular weight excluding hydrogens is 354 g/mol. The lowest BCUT2D eigenvalue weighted by Gasteiger charge is -2.12. The van der Waals surface area contributed by atoms with Crippen LogP contribution in [0, 0.1) is 19.8 Å². The Bertz CT molecular complexity index is 908. The van der Waals surface area contributed by atoms with Crippen molar-refractivity contribution in [1.82, 2.24) is 10.3 Å². The molecule has 1 aliphatic carbocycles. The number of aromatic amines is 1. The maximum absolute atomic E-state index is 12.5. The molecule has 28 heavy (non-hydrogen) atoms. The zero-order valence-corrected chi connectivity index (χ0v) is 16.6. The number of nitrogens with one attached hydrogen (secondary N) is 3. The van der Waals surface area contributed by atoms with Crippen molar-refractivity contribution in [2.75, 3.05) is 5.32 Å². The Balaban J connectivity index is 1.63. The van der Waals surface area contributed by atoms with Gasteiger partial charge in [0.1, 0.15) is 5.69 Å². The van der Waals surface area contributed by atoms with Crippen LogP contribution in [0.2, 0.25) is 0 Å². The Morgan fingerprint density at radius 2 is 1.86 bits per heavy atom. The van der Waals surface area contributed by atoms with Crippen molar-refractivity contribution in [1.29, 1.82) is 0 Å². The summed E-state index contributed by atoms with van der Waals surface area (Å²) in [5.41, 5.74) is 3.99. The van der Waals surface area contributed by atoms with Crippen molar-refractivity contribution >= 4 is 23.3 Å². The molecule has 0 aliphatic heterocycles. The summed E-state index contributed by atoms with van der Waals surface area (Å²) in [5, 5.41) is 5.86. The van der Waals surface area contributed by atoms with Crippen molar-refractivity contribution in [3.8, 4) is 0 Å². The van der Waals surface area contributed by atoms with Gasteiger partial charge in [0.25, 0.3) is 5.91 Å². The standard InChI is InChI=1S/C22H27N3O3/c1-13-19(15(3)26)14(2)24-20(13)22(28)23-12-16-7-6-10-18(11-16)25-21(27)17-8-4-5-9-17/h6-7,10-11,17,24H,4-5,8-9,12H2,1-3H3,(H,23,28)(H,25,27). The van der Waals surface area contributed by atoms with Crippen molar-refractivity contribution in [3.05, 3.63) is 52.3 Å². The number of Topliss-reactive ketones (excluding diaryl/α,β-unsaturated/α-hetero) is 1. The van der Waals surface area contributed by atoms with E-state index < -0.39 is 0 Å². The second-order valence-corrected chi connectivity index (χ2v) is 7.53. The zero-order chi connectivity index (χ0) is 20.3. The van der Waals surface area contributed by atoms with E-state index >= 15 is 0 Å². The van der Waals surface area contributed by atoms with Gasteiger partial charge in [-0.05, 0) is 56.9 Å². The monoisotopic (exact) mass is 381 g/mol. The van der Waals surface area contributed by atoms with Gasteiger partial charge in [-0.2, -0.15) is 0 Å². The van der Waals surface area contributed by atoms with E-state index in [-0.39, 0.29) is 23.5 Å². The lowest BCUT2D eigenvalue weighted by Crippen LogP contribution is -2.24. The number of anilines is 1. The third-order valence-corrected chi connectivity index (χ3v) is 5.39. The smallest absolute Gasteiger partial charge is 0.268 e. The van der Waals surface area contributed by atoms with E-state index in [4.69, 9.17) is 0 Å². The molecule has 1 fully saturated rings. The lowest BCUT2D eigenvalue weighted by molar-refractivity contribution is -0.119. The molecule has 148 valence electrons. The highest BCUT2D eigenvalue weighted by molar-refractivity contribution is 6.02. The Hall–Kier alpha value is -2.89. The SMILES string of the molecule is CC(=O)c1c(C)[nH]c(C(=O)NCc2cccc(NC(=O)C3CCCC3)c2)c1C. The maximum Gasteiger partial charge on any atom is 0.268 e. The number of aryl methyl sites for hydroxylation is 1. The fourth-order valence-electron chi connectivity index (χ4n) is 3.97. The number of hydrogen-bond donors (Lipinski definition) is 3. The molecule has 1 aliphatic rings. The molecule has 6 nitrogen and oxygen atoms in total. The summed E-state index contributed by atoms with van der Waals surface area (Å²) in [6.45, 7) is 5.39. The van der Waals surface area contributed by atoms with E-state index in [2.05, 4.69) is 15.6 Å². The second kappa shape index (κ2) is 8.42. The first-order valence-electron chi connectivity index (χ1n) is 9.75. The summed E-state index contributed by atoms with van der Waals surface area (Å²) in [6, 6.07) is 7.50. The van der Waals surface area contributed by atoms with Gasteiger partial charge in [-0.15, -0.1) is 0 Å². The molecule has 0 radical (unpaired) electrons. The maximum atomic E-state index is 12.5. The number of H-pyrrole nitrogens is 1. The van der Waals surface area contributed by atoms with Crippen LogP contribution in [-0.2, 0) is 11.3 Å². The topological polar surface area (TPSA) is 91.1 Å². The molecule has 0 atom stereocenters. The Morgan fingerprint density at radius 3 is 2.50 bits per heavy atom. The Morgan fingerprint density at radius 1 is 1.14 bits per heavy atom. The van der Waals surface area contributed by atoms with Crippen molar-refractivity contribution in [2.45, 2.75) is 53.0 Å². The number of rotatable bonds is 6. The van der Waals surface area contributed by atoms with Gasteiger partial charge in [0.15, 0.2) is 5.78 Å². The van der Waals surface area contributed by atoms with Gasteiger partial charge in [-0.1, -0.05) is 25.0 Å². The molecule has 2 aromatic rings. The van der Waals surface area contributed by atoms with Crippen LogP contribution in [0.3, 0.4) is 0 Å². The van der Waals surface area contributed by atoms with E-state index in [0.29, 0.717) is 29.1 Å². The average molecular weight is 381 g/mol. The van der Waals surface area contributed by atoms with Crippen LogP contribution in [0.1, 0.15) is 70.3 Å². The first kappa shape index (κ1) is 19.9. The van der Waals surface area contributed by atoms with E-state index in [1.54, 1.807) is 13.8 Å². The van der Waals surface area contributed by atoms with Crippen molar-refractivity contribution in [2.24, 2.45) is 5.92 Å². The summed E-state index contributed by atoms with van der Waals surface area (Å²) in [4.78, 5) is 39.6. The first-order valence-corrected chi connectivity index (χ1v) is 9.75. The molecule has 2 amide bonds. The normalized spacial score (nSPS) is 14.1. The van der Waals surface area contributed by atoms with Gasteiger partial charge in [0, 0.05) is 29.4 Å². The minimum atomic E-state index is -0.256. The summed E-state index contributed by atoms with van der Waals surface area (Å²) in [5.74, 6) is -0.129. The summed E-state index contributed by atoms with van der Waals surface area (Å²) in [6.07, 6.45) is 4.15. The number of ketones is 1. The Kier molecular flexibility index (Phi) is 5.97. The number of hydrogen-bond acceptors (Lipinski definition) is 3. The van der Waals surface area contributed by atoms with Crippen LogP contribution in [0.4, 0.5) is 5.69 Å². The van der Waals surface area contributed by atoms with Crippen molar-refractivity contribution < 1.29 is 14.4 Å². The molecule has 0 saturated heterocycles. The van der Waals surface area contributed by atoms with Gasteiger partial charge in [-0.25, -0.2) is 0 Å². The number of amides is 2. The molecule has 3 rings (SSSR count). The second-order valence-electron chi connectivity index (χ2n) is 7.53. The molecule has 3 N–H and O–H groups in total. The molecular formula is C22H27N3O3. The molecule has 0 bridgehead atoms. The summed E-state index contributed by atoms with van der Waals surface area (Å²) < 4.78 is 0. The van der Waals surface area contributed by atoms with Gasteiger partial charge >= 0.3 is 0 Å². The molecule has 1 saturated carbocycles. The number of benzene rings is 1. The zero-order valence-electron chi connectivity index (χ0n) is 16.6. The minimum absolute atomic E-state index is 0.0593. The third-order valence-electron chi connectivity index (χ3n) is 5.39. The summed E-state index contributed by atoms with van der Waals surface area (Å²) >= 11 is 0. The van der Waals surface area contributed by atoms with Crippen LogP contribution in [0.5, 0.6) is 0 Å². The van der Waals surface area contributed by atoms with Crippen LogP contribution >= 0.6 is 0 Å². The predicted molar refractivity (Wildman–Crippen MR) is 108 cm³/mol. The fraction of sp³-hybridized carbons (Fsp3) is 0.409. The quantitative estimate of drug-likeness (QED) is 0.663. The van der Waals surface area contributed by atoms with E-state index in [0.717, 1.165) is 36.9 Å². The van der Waals surface area contributed by atoms with Gasteiger partial charge in [0.05, 0.1) is 0 Å². The third kappa shape index (κ3) is 4.32. The highest BCUT2D eigenvalue weighted by Gasteiger charge is 2.23. The molecule has 0 spiro atoms. The molecule has 1 heterocycles. The van der Waals surface area contributed by atoms with Crippen LogP contribution < -0.4 is 10.6 Å². The lowest BCUT2D eigenvalue weighted by atomic mass is 10.1. The number of carbonyl (C=O) groups excluding carboxylic acids is 3. The van der Waals surface area contributed by atoms with Crippen LogP contribution in [-0.4, -0.2) is 22.6 Å². The fourth-order valence-corrected chi connectivity index (χ4v) is 3.97. The van der Waals surface area contributed by atoms with Gasteiger partial charge in [0.2, 0.25) is 5.91 Å². The van der Waals surface area contributed by atoms with E-state index in [1.165, 1.54) is 6.92 Å². The number of aromatic nitrogens is 1. The molecule has 6 heteroatoms. The minimum Gasteiger partial charge on any atom is -0.354 e. The Labute approximate surface area is 165 Å². The summed E-state index contributed by atoms with van der Waals surface area (Å²) in [7, 11) is 0. The molecule has 1 aromatic carbocycles. The van der Waals surface area contributed by atoms with Gasteiger partial charge < -0.3 is 15.6 Å². The highest BCUT2D eigenvalue weighted by atomic mass is 16.2. The predicted octanol–water partition coefficient (Wildman–Crippen LogP) is 3.89. The van der Waals surface area contributed by atoms with Crippen LogP contribution in [0.25, 0.3) is 0 Å². The first-order chi connectivity index (χ1) is 13.4. The number of carbonyl (C=O) groups is 3. The highest BCUT2D eigenvalue weighted by Crippen LogP contribution is 2.26. The average Bonchev–Trinajstić information content (AvgIpc) is 3.28.